The summed E-state index contributed by atoms with van der Waals surface area (Å²) < 4.78 is 62.1. The summed E-state index contributed by atoms with van der Waals surface area (Å²) in [7, 11) is 2.64. The highest BCUT2D eigenvalue weighted by Gasteiger charge is 2.59. The van der Waals surface area contributed by atoms with Crippen LogP contribution in [-0.2, 0) is 52.1 Å². The molecule has 20 atom stereocenters. The summed E-state index contributed by atoms with van der Waals surface area (Å²) >= 11 is 0. The molecule has 8 N–H and O–H groups in total. The van der Waals surface area contributed by atoms with Gasteiger partial charge < -0.3 is 93.0 Å². The van der Waals surface area contributed by atoms with Crippen molar-refractivity contribution in [2.75, 3.05) is 40.6 Å². The van der Waals surface area contributed by atoms with Crippen molar-refractivity contribution in [1.82, 2.24) is 0 Å². The minimum atomic E-state index is -1.68. The Morgan fingerprint density at radius 2 is 0.911 bits per heavy atom. The van der Waals surface area contributed by atoms with Gasteiger partial charge in [-0.1, -0.05) is 0 Å². The third kappa shape index (κ3) is 6.16. The summed E-state index contributed by atoms with van der Waals surface area (Å²) in [4.78, 5) is 0. The Morgan fingerprint density at radius 3 is 1.40 bits per heavy atom. The smallest absolute Gasteiger partial charge is 0.187 e. The number of rotatable bonds is 10. The van der Waals surface area contributed by atoms with Crippen LogP contribution in [0.3, 0.4) is 0 Å². The monoisotopic (exact) mass is 658 g/mol. The Kier molecular flexibility index (Phi) is 10.6. The fraction of sp³-hybridized carbons (Fsp3) is 1.00. The average molecular weight is 659 g/mol. The van der Waals surface area contributed by atoms with E-state index in [1.807, 2.05) is 0 Å². The molecular weight excluding hydrogens is 616 g/mol. The van der Waals surface area contributed by atoms with Crippen molar-refractivity contribution in [3.63, 3.8) is 0 Å². The van der Waals surface area contributed by atoms with Crippen molar-refractivity contribution < 1.29 is 93.0 Å². The molecule has 6 aliphatic rings. The maximum Gasteiger partial charge on any atom is 0.187 e. The largest absolute Gasteiger partial charge is 0.394 e. The number of fused-ring (bicyclic) bond motifs is 4. The van der Waals surface area contributed by atoms with Gasteiger partial charge in [0, 0.05) is 14.2 Å². The molecule has 45 heavy (non-hydrogen) atoms. The summed E-state index contributed by atoms with van der Waals surface area (Å²) in [5.41, 5.74) is 0. The van der Waals surface area contributed by atoms with E-state index in [9.17, 15) is 40.9 Å². The molecule has 0 spiro atoms. The second-order valence-corrected chi connectivity index (χ2v) is 11.8. The summed E-state index contributed by atoms with van der Waals surface area (Å²) in [6.45, 7) is -1.25. The Morgan fingerprint density at radius 1 is 0.489 bits per heavy atom. The molecule has 0 aromatic carbocycles. The standard InChI is InChI=1S/C26H42O19/c1-35-19-11(29)7(3-27)39-24(13(19)31)43-18-10-6-38-22(18)16(34)26(42-10)45-20-12(30)8(4-28)40-25(14(20)32)44-17-9-5-37-21(17)15(33)23(36-2)41-9/h7-34H,3-6H2,1-2H3/t7-,8-,9-,10-,11+,12+,13-,14-,15+,16+,17-,18-,19+,20+,21+,22+,23-,24+,25+,26+/m1/s1. The topological polar surface area (TPSA) is 263 Å². The van der Waals surface area contributed by atoms with Crippen molar-refractivity contribution in [1.29, 1.82) is 0 Å². The van der Waals surface area contributed by atoms with Crippen LogP contribution in [0.15, 0.2) is 0 Å². The van der Waals surface area contributed by atoms with Crippen molar-refractivity contribution in [3.8, 4) is 0 Å². The minimum Gasteiger partial charge on any atom is -0.394 e. The molecule has 260 valence electrons. The van der Waals surface area contributed by atoms with E-state index in [1.54, 1.807) is 0 Å². The first-order valence-electron chi connectivity index (χ1n) is 14.8. The molecule has 4 bridgehead atoms. The molecule has 0 aliphatic carbocycles. The highest BCUT2D eigenvalue weighted by molar-refractivity contribution is 5.01. The van der Waals surface area contributed by atoms with Gasteiger partial charge in [-0.2, -0.15) is 0 Å². The second-order valence-electron chi connectivity index (χ2n) is 11.8. The molecule has 0 amide bonds. The van der Waals surface area contributed by atoms with Crippen LogP contribution in [0.1, 0.15) is 0 Å². The lowest BCUT2D eigenvalue weighted by Gasteiger charge is -2.47. The van der Waals surface area contributed by atoms with Gasteiger partial charge in [0.1, 0.15) is 97.7 Å². The number of methoxy groups -OCH3 is 2. The van der Waals surface area contributed by atoms with E-state index in [4.69, 9.17) is 52.1 Å². The Bertz CT molecular complexity index is 979. The van der Waals surface area contributed by atoms with E-state index in [1.165, 1.54) is 14.2 Å². The predicted molar refractivity (Wildman–Crippen MR) is 137 cm³/mol. The van der Waals surface area contributed by atoms with Crippen molar-refractivity contribution >= 4 is 0 Å². The van der Waals surface area contributed by atoms with E-state index >= 15 is 0 Å². The molecule has 0 aromatic heterocycles. The summed E-state index contributed by atoms with van der Waals surface area (Å²) in [6.07, 6.45) is -24.5. The molecule has 6 rings (SSSR count). The Hall–Kier alpha value is -0.760. The molecule has 6 fully saturated rings. The quantitative estimate of drug-likeness (QED) is 0.108. The minimum absolute atomic E-state index is 0.0615. The van der Waals surface area contributed by atoms with Gasteiger partial charge >= 0.3 is 0 Å². The van der Waals surface area contributed by atoms with Crippen LogP contribution in [0, 0.1) is 0 Å². The van der Waals surface area contributed by atoms with Crippen LogP contribution in [0.2, 0.25) is 0 Å². The zero-order valence-corrected chi connectivity index (χ0v) is 24.4. The molecule has 0 radical (unpaired) electrons. The molecule has 6 heterocycles. The van der Waals surface area contributed by atoms with E-state index in [2.05, 4.69) is 0 Å². The number of aliphatic hydroxyl groups is 8. The fourth-order valence-corrected chi connectivity index (χ4v) is 6.72. The third-order valence-corrected chi connectivity index (χ3v) is 9.16. The SMILES string of the molecule is CO[C@@H]1O[C@@H]2CO[C@@H]([C@@H]1O)[C@@H]2O[C@@H]1O[C@H](CO)[C@H](O)[C@H](O[C@@H]2O[C@@H]3CO[C@@H]([C@@H]2O)[C@@H]3O[C@@H]2O[C@H](CO)[C@H](O)[C@H](OC)[C@H]2O)[C@H]1O. The van der Waals surface area contributed by atoms with E-state index in [0.29, 0.717) is 0 Å². The van der Waals surface area contributed by atoms with Gasteiger partial charge in [0.25, 0.3) is 0 Å². The van der Waals surface area contributed by atoms with Crippen LogP contribution in [0.25, 0.3) is 0 Å². The van der Waals surface area contributed by atoms with Crippen LogP contribution in [0.5, 0.6) is 0 Å². The van der Waals surface area contributed by atoms with Gasteiger partial charge in [0.2, 0.25) is 0 Å². The van der Waals surface area contributed by atoms with Gasteiger partial charge in [-0.05, 0) is 0 Å². The molecule has 19 nitrogen and oxygen atoms in total. The molecule has 0 unspecified atom stereocenters. The van der Waals surface area contributed by atoms with Crippen molar-refractivity contribution in [2.24, 2.45) is 0 Å². The van der Waals surface area contributed by atoms with Gasteiger partial charge in [-0.3, -0.25) is 0 Å². The fourth-order valence-electron chi connectivity index (χ4n) is 6.72. The zero-order valence-electron chi connectivity index (χ0n) is 24.4. The number of hydrogen-bond donors (Lipinski definition) is 8. The van der Waals surface area contributed by atoms with Gasteiger partial charge in [-0.25, -0.2) is 0 Å². The van der Waals surface area contributed by atoms with Crippen molar-refractivity contribution in [3.05, 3.63) is 0 Å². The lowest BCUT2D eigenvalue weighted by Crippen LogP contribution is -2.65. The number of hydrogen-bond acceptors (Lipinski definition) is 19. The zero-order chi connectivity index (χ0) is 32.2. The first kappa shape index (κ1) is 34.1. The molecule has 6 saturated heterocycles. The van der Waals surface area contributed by atoms with Crippen molar-refractivity contribution in [2.45, 2.75) is 123 Å². The van der Waals surface area contributed by atoms with Crippen LogP contribution < -0.4 is 0 Å². The van der Waals surface area contributed by atoms with Crippen LogP contribution in [0.4, 0.5) is 0 Å². The average Bonchev–Trinajstić information content (AvgIpc) is 3.51. The molecular formula is C26H42O19. The first-order valence-corrected chi connectivity index (χ1v) is 14.8. The molecule has 6 aliphatic heterocycles. The highest BCUT2D eigenvalue weighted by atomic mass is 16.8. The molecule has 19 heteroatoms. The van der Waals surface area contributed by atoms with Gasteiger partial charge in [-0.15, -0.1) is 0 Å². The number of ether oxygens (including phenoxy) is 11. The maximum atomic E-state index is 11.2. The normalized spacial score (nSPS) is 54.8. The lowest BCUT2D eigenvalue weighted by molar-refractivity contribution is -0.372. The Balaban J connectivity index is 1.12. The highest BCUT2D eigenvalue weighted by Crippen LogP contribution is 2.38. The summed E-state index contributed by atoms with van der Waals surface area (Å²) in [5.74, 6) is 0. The maximum absolute atomic E-state index is 11.2. The third-order valence-electron chi connectivity index (χ3n) is 9.16. The predicted octanol–water partition coefficient (Wildman–Crippen LogP) is -6.35. The first-order chi connectivity index (χ1) is 21.6. The molecule has 0 saturated carbocycles. The summed E-state index contributed by atoms with van der Waals surface area (Å²) in [5, 5.41) is 84.3. The second kappa shape index (κ2) is 14.0. The van der Waals surface area contributed by atoms with E-state index in [0.717, 1.165) is 0 Å². The Labute approximate surface area is 256 Å². The van der Waals surface area contributed by atoms with Gasteiger partial charge in [0.15, 0.2) is 25.2 Å². The lowest BCUT2D eigenvalue weighted by atomic mass is 9.96. The van der Waals surface area contributed by atoms with E-state index < -0.39 is 136 Å². The van der Waals surface area contributed by atoms with Gasteiger partial charge in [0.05, 0.1) is 26.4 Å². The van der Waals surface area contributed by atoms with E-state index in [-0.39, 0.29) is 13.2 Å². The van der Waals surface area contributed by atoms with Crippen LogP contribution in [-0.4, -0.2) is 204 Å². The number of aliphatic hydroxyl groups excluding tert-OH is 8. The summed E-state index contributed by atoms with van der Waals surface area (Å²) in [6, 6.07) is 0. The van der Waals surface area contributed by atoms with Crippen LogP contribution >= 0.6 is 0 Å². The molecule has 0 aromatic rings.